The van der Waals surface area contributed by atoms with Crippen molar-refractivity contribution in [2.45, 2.75) is 25.3 Å². The molecule has 5 heteroatoms. The average Bonchev–Trinajstić information content (AvgIpc) is 2.52. The molecule has 2 rings (SSSR count). The Bertz CT molecular complexity index is 530. The second kappa shape index (κ2) is 7.22. The molecule has 0 aliphatic carbocycles. The van der Waals surface area contributed by atoms with E-state index in [-0.39, 0.29) is 24.3 Å². The quantitative estimate of drug-likeness (QED) is 0.866. The first kappa shape index (κ1) is 15.5. The van der Waals surface area contributed by atoms with Gasteiger partial charge in [-0.2, -0.15) is 0 Å². The van der Waals surface area contributed by atoms with Gasteiger partial charge in [-0.15, -0.1) is 0 Å². The summed E-state index contributed by atoms with van der Waals surface area (Å²) in [5.41, 5.74) is 0.596. The monoisotopic (exact) mass is 293 g/mol. The third kappa shape index (κ3) is 3.82. The van der Waals surface area contributed by atoms with Gasteiger partial charge in [0.1, 0.15) is 0 Å². The minimum absolute atomic E-state index is 0.0171. The van der Waals surface area contributed by atoms with E-state index in [9.17, 15) is 14.3 Å². The van der Waals surface area contributed by atoms with E-state index in [4.69, 9.17) is 4.74 Å². The lowest BCUT2D eigenvalue weighted by atomic mass is 10.0. The largest absolute Gasteiger partial charge is 0.494 e. The fourth-order valence-corrected chi connectivity index (χ4v) is 2.53. The molecular weight excluding hydrogens is 273 g/mol. The molecule has 0 saturated carbocycles. The number of hydrogen-bond donors (Lipinski definition) is 1. The maximum atomic E-state index is 13.6. The Morgan fingerprint density at radius 2 is 2.33 bits per heavy atom. The van der Waals surface area contributed by atoms with Crippen LogP contribution in [0.3, 0.4) is 0 Å². The molecule has 1 aromatic rings. The zero-order valence-electron chi connectivity index (χ0n) is 12.1. The third-order valence-corrected chi connectivity index (χ3v) is 3.72. The predicted molar refractivity (Wildman–Crippen MR) is 78.4 cm³/mol. The smallest absolute Gasteiger partial charge is 0.246 e. The molecule has 1 amide bonds. The molecule has 0 radical (unpaired) electrons. The van der Waals surface area contributed by atoms with Crippen molar-refractivity contribution in [1.29, 1.82) is 0 Å². The van der Waals surface area contributed by atoms with Gasteiger partial charge in [-0.1, -0.05) is 6.07 Å². The van der Waals surface area contributed by atoms with Gasteiger partial charge in [0.25, 0.3) is 0 Å². The van der Waals surface area contributed by atoms with E-state index < -0.39 is 5.82 Å². The average molecular weight is 293 g/mol. The summed E-state index contributed by atoms with van der Waals surface area (Å²) in [4.78, 5) is 13.8. The number of nitrogens with zero attached hydrogens (tertiary/aromatic N) is 1. The third-order valence-electron chi connectivity index (χ3n) is 3.72. The van der Waals surface area contributed by atoms with Gasteiger partial charge in [-0.3, -0.25) is 4.79 Å². The normalized spacial score (nSPS) is 19.0. The number of amides is 1. The molecule has 1 atom stereocenters. The molecule has 0 spiro atoms. The first-order valence-electron chi connectivity index (χ1n) is 7.08. The minimum Gasteiger partial charge on any atom is -0.494 e. The van der Waals surface area contributed by atoms with Crippen molar-refractivity contribution in [3.63, 3.8) is 0 Å². The summed E-state index contributed by atoms with van der Waals surface area (Å²) in [5.74, 6) is -0.432. The van der Waals surface area contributed by atoms with Crippen LogP contribution in [0.25, 0.3) is 6.08 Å². The number of hydrogen-bond acceptors (Lipinski definition) is 3. The number of rotatable bonds is 4. The standard InChI is InChI=1S/C16H20FNO3/c1-21-15-7-5-12(10-14(15)17)6-8-16(20)18-9-3-2-4-13(18)11-19/h5-8,10,13,19H,2-4,9,11H2,1H3/b8-6+. The first-order chi connectivity index (χ1) is 10.2. The first-order valence-corrected chi connectivity index (χ1v) is 7.08. The summed E-state index contributed by atoms with van der Waals surface area (Å²) in [6, 6.07) is 4.42. The number of piperidine rings is 1. The van der Waals surface area contributed by atoms with E-state index in [0.29, 0.717) is 12.1 Å². The van der Waals surface area contributed by atoms with Crippen molar-refractivity contribution >= 4 is 12.0 Å². The molecule has 1 aromatic carbocycles. The van der Waals surface area contributed by atoms with Gasteiger partial charge in [0.2, 0.25) is 5.91 Å². The van der Waals surface area contributed by atoms with Crippen molar-refractivity contribution in [2.75, 3.05) is 20.3 Å². The Morgan fingerprint density at radius 3 is 3.00 bits per heavy atom. The van der Waals surface area contributed by atoms with Crippen LogP contribution in [-0.2, 0) is 4.79 Å². The maximum Gasteiger partial charge on any atom is 0.246 e. The molecule has 1 fully saturated rings. The SMILES string of the molecule is COc1ccc(/C=C/C(=O)N2CCCCC2CO)cc1F. The van der Waals surface area contributed by atoms with Gasteiger partial charge < -0.3 is 14.7 Å². The Morgan fingerprint density at radius 1 is 1.52 bits per heavy atom. The summed E-state index contributed by atoms with van der Waals surface area (Å²) in [6.07, 6.45) is 5.81. The lowest BCUT2D eigenvalue weighted by Gasteiger charge is -2.33. The van der Waals surface area contributed by atoms with Gasteiger partial charge in [-0.25, -0.2) is 4.39 Å². The molecule has 1 heterocycles. The number of likely N-dealkylation sites (tertiary alicyclic amines) is 1. The molecule has 1 unspecified atom stereocenters. The predicted octanol–water partition coefficient (Wildman–Crippen LogP) is 2.22. The van der Waals surface area contributed by atoms with Gasteiger partial charge >= 0.3 is 0 Å². The highest BCUT2D eigenvalue weighted by molar-refractivity contribution is 5.92. The van der Waals surface area contributed by atoms with Gasteiger partial charge in [-0.05, 0) is 43.0 Å². The van der Waals surface area contributed by atoms with Crippen LogP contribution >= 0.6 is 0 Å². The lowest BCUT2D eigenvalue weighted by Crippen LogP contribution is -2.44. The van der Waals surface area contributed by atoms with E-state index in [1.807, 2.05) is 0 Å². The Balaban J connectivity index is 2.05. The topological polar surface area (TPSA) is 49.8 Å². The number of halogens is 1. The van der Waals surface area contributed by atoms with Crippen molar-refractivity contribution in [3.8, 4) is 5.75 Å². The van der Waals surface area contributed by atoms with Crippen molar-refractivity contribution in [1.82, 2.24) is 4.90 Å². The number of aliphatic hydroxyl groups is 1. The van der Waals surface area contributed by atoms with E-state index in [1.54, 1.807) is 17.0 Å². The summed E-state index contributed by atoms with van der Waals surface area (Å²) < 4.78 is 18.4. The summed E-state index contributed by atoms with van der Waals surface area (Å²) in [7, 11) is 1.41. The Kier molecular flexibility index (Phi) is 5.33. The van der Waals surface area contributed by atoms with Crippen LogP contribution in [-0.4, -0.2) is 42.2 Å². The molecule has 1 aliphatic heterocycles. The lowest BCUT2D eigenvalue weighted by molar-refractivity contribution is -0.130. The van der Waals surface area contributed by atoms with Crippen molar-refractivity contribution in [3.05, 3.63) is 35.7 Å². The summed E-state index contributed by atoms with van der Waals surface area (Å²) >= 11 is 0. The van der Waals surface area contributed by atoms with Crippen LogP contribution in [0.5, 0.6) is 5.75 Å². The molecule has 1 aliphatic rings. The summed E-state index contributed by atoms with van der Waals surface area (Å²) in [5, 5.41) is 9.31. The van der Waals surface area contributed by atoms with Gasteiger partial charge in [0.05, 0.1) is 19.8 Å². The van der Waals surface area contributed by atoms with Crippen LogP contribution in [0.1, 0.15) is 24.8 Å². The molecular formula is C16H20FNO3. The fourth-order valence-electron chi connectivity index (χ4n) is 2.53. The number of aliphatic hydroxyl groups excluding tert-OH is 1. The van der Waals surface area contributed by atoms with Crippen LogP contribution < -0.4 is 4.74 Å². The zero-order valence-corrected chi connectivity index (χ0v) is 12.1. The molecule has 0 bridgehead atoms. The molecule has 1 saturated heterocycles. The Hall–Kier alpha value is -1.88. The second-order valence-electron chi connectivity index (χ2n) is 5.09. The highest BCUT2D eigenvalue weighted by Crippen LogP contribution is 2.20. The van der Waals surface area contributed by atoms with Crippen molar-refractivity contribution < 1.29 is 19.0 Å². The molecule has 0 aromatic heterocycles. The number of carbonyl (C=O) groups is 1. The van der Waals surface area contributed by atoms with Gasteiger partial charge in [0, 0.05) is 12.6 Å². The van der Waals surface area contributed by atoms with Crippen LogP contribution in [0.4, 0.5) is 4.39 Å². The maximum absolute atomic E-state index is 13.6. The van der Waals surface area contributed by atoms with E-state index >= 15 is 0 Å². The van der Waals surface area contributed by atoms with Crippen LogP contribution in [0, 0.1) is 5.82 Å². The molecule has 21 heavy (non-hydrogen) atoms. The van der Waals surface area contributed by atoms with Crippen LogP contribution in [0.15, 0.2) is 24.3 Å². The van der Waals surface area contributed by atoms with E-state index in [0.717, 1.165) is 19.3 Å². The van der Waals surface area contributed by atoms with E-state index in [2.05, 4.69) is 0 Å². The molecule has 1 N–H and O–H groups in total. The van der Waals surface area contributed by atoms with E-state index in [1.165, 1.54) is 25.3 Å². The Labute approximate surface area is 123 Å². The second-order valence-corrected chi connectivity index (χ2v) is 5.09. The molecule has 114 valence electrons. The summed E-state index contributed by atoms with van der Waals surface area (Å²) in [6.45, 7) is 0.641. The number of carbonyl (C=O) groups excluding carboxylic acids is 1. The highest BCUT2D eigenvalue weighted by atomic mass is 19.1. The minimum atomic E-state index is -0.460. The fraction of sp³-hybridized carbons (Fsp3) is 0.438. The number of benzene rings is 1. The van der Waals surface area contributed by atoms with Crippen LogP contribution in [0.2, 0.25) is 0 Å². The van der Waals surface area contributed by atoms with Gasteiger partial charge in [0.15, 0.2) is 11.6 Å². The zero-order chi connectivity index (χ0) is 15.2. The highest BCUT2D eigenvalue weighted by Gasteiger charge is 2.24. The van der Waals surface area contributed by atoms with Crippen molar-refractivity contribution in [2.24, 2.45) is 0 Å². The number of ether oxygens (including phenoxy) is 1. The molecule has 4 nitrogen and oxygen atoms in total. The number of methoxy groups -OCH3 is 1.